The highest BCUT2D eigenvalue weighted by atomic mass is 35.5. The third-order valence-corrected chi connectivity index (χ3v) is 6.82. The third-order valence-electron chi connectivity index (χ3n) is 4.85. The van der Waals surface area contributed by atoms with E-state index in [0.29, 0.717) is 14.9 Å². The Morgan fingerprint density at radius 3 is 2.26 bits per heavy atom. The summed E-state index contributed by atoms with van der Waals surface area (Å²) in [4.78, 5) is 24.2. The van der Waals surface area contributed by atoms with E-state index >= 15 is 0 Å². The predicted molar refractivity (Wildman–Crippen MR) is 119 cm³/mol. The van der Waals surface area contributed by atoms with E-state index in [1.54, 1.807) is 32.0 Å². The van der Waals surface area contributed by atoms with E-state index in [1.807, 2.05) is 0 Å². The van der Waals surface area contributed by atoms with Crippen molar-refractivity contribution in [1.82, 2.24) is 0 Å². The summed E-state index contributed by atoms with van der Waals surface area (Å²) in [6.45, 7) is 4.88. The molecule has 0 aliphatic rings. The van der Waals surface area contributed by atoms with Gasteiger partial charge in [0.2, 0.25) is 0 Å². The summed E-state index contributed by atoms with van der Waals surface area (Å²) in [6, 6.07) is 14.5. The second kappa shape index (κ2) is 8.49. The first-order chi connectivity index (χ1) is 14.5. The van der Waals surface area contributed by atoms with Crippen LogP contribution in [0.4, 0.5) is 11.4 Å². The molecular weight excluding hydrogens is 440 g/mol. The van der Waals surface area contributed by atoms with Crippen LogP contribution in [0.15, 0.2) is 65.6 Å². The van der Waals surface area contributed by atoms with E-state index in [2.05, 4.69) is 0 Å². The molecule has 0 aliphatic heterocycles. The number of aryl methyl sites for hydroxylation is 2. The van der Waals surface area contributed by atoms with Crippen molar-refractivity contribution in [3.8, 4) is 0 Å². The lowest BCUT2D eigenvalue weighted by molar-refractivity contribution is -0.385. The Hall–Kier alpha value is -3.23. The second-order valence-electron chi connectivity index (χ2n) is 7.03. The summed E-state index contributed by atoms with van der Waals surface area (Å²) in [5, 5.41) is 11.7. The van der Waals surface area contributed by atoms with Crippen LogP contribution in [0.1, 0.15) is 27.0 Å². The first-order valence-corrected chi connectivity index (χ1v) is 11.0. The van der Waals surface area contributed by atoms with Crippen molar-refractivity contribution < 1.29 is 18.1 Å². The minimum absolute atomic E-state index is 0.0763. The highest BCUT2D eigenvalue weighted by Crippen LogP contribution is 2.32. The first-order valence-electron chi connectivity index (χ1n) is 9.20. The molecule has 160 valence electrons. The Balaban J connectivity index is 2.28. The fourth-order valence-corrected chi connectivity index (χ4v) is 4.75. The van der Waals surface area contributed by atoms with Gasteiger partial charge in [0.15, 0.2) is 0 Å². The first kappa shape index (κ1) is 22.5. The average Bonchev–Trinajstić information content (AvgIpc) is 2.70. The molecule has 0 N–H and O–H groups in total. The van der Waals surface area contributed by atoms with Crippen LogP contribution in [0.2, 0.25) is 5.02 Å². The summed E-state index contributed by atoms with van der Waals surface area (Å²) < 4.78 is 27.9. The smallest absolute Gasteiger partial charge is 0.268 e. The Kier molecular flexibility index (Phi) is 6.15. The number of carbonyl (C=O) groups is 1. The topological polar surface area (TPSA) is 97.6 Å². The number of rotatable bonds is 5. The van der Waals surface area contributed by atoms with E-state index in [9.17, 15) is 23.3 Å². The molecule has 31 heavy (non-hydrogen) atoms. The number of halogens is 1. The second-order valence-corrected chi connectivity index (χ2v) is 9.25. The fourth-order valence-electron chi connectivity index (χ4n) is 3.16. The molecule has 3 aromatic rings. The number of sulfonamides is 1. The lowest BCUT2D eigenvalue weighted by atomic mass is 10.1. The SMILES string of the molecule is Cc1ccc(C)c(N(C(=O)c2cccc([N+](=O)[O-])c2C)S(=O)(=O)c2ccc(Cl)cc2)c1. The summed E-state index contributed by atoms with van der Waals surface area (Å²) >= 11 is 5.89. The third kappa shape index (κ3) is 4.30. The van der Waals surface area contributed by atoms with Gasteiger partial charge in [-0.05, 0) is 68.3 Å². The normalized spacial score (nSPS) is 11.2. The summed E-state index contributed by atoms with van der Waals surface area (Å²) in [5.41, 5.74) is 1.22. The van der Waals surface area contributed by atoms with E-state index in [1.165, 1.54) is 49.4 Å². The maximum absolute atomic E-state index is 13.6. The van der Waals surface area contributed by atoms with Crippen molar-refractivity contribution >= 4 is 38.9 Å². The van der Waals surface area contributed by atoms with Crippen LogP contribution in [-0.4, -0.2) is 19.2 Å². The number of benzene rings is 3. The van der Waals surface area contributed by atoms with Crippen LogP contribution in [0, 0.1) is 30.9 Å². The van der Waals surface area contributed by atoms with Crippen LogP contribution in [-0.2, 0) is 10.0 Å². The van der Waals surface area contributed by atoms with Crippen LogP contribution >= 0.6 is 11.6 Å². The van der Waals surface area contributed by atoms with E-state index in [0.717, 1.165) is 5.56 Å². The Morgan fingerprint density at radius 2 is 1.65 bits per heavy atom. The van der Waals surface area contributed by atoms with Crippen molar-refractivity contribution in [2.24, 2.45) is 0 Å². The van der Waals surface area contributed by atoms with Crippen molar-refractivity contribution in [1.29, 1.82) is 0 Å². The van der Waals surface area contributed by atoms with Gasteiger partial charge in [-0.1, -0.05) is 29.8 Å². The molecule has 0 spiro atoms. The Morgan fingerprint density at radius 1 is 1.00 bits per heavy atom. The number of carbonyl (C=O) groups excluding carboxylic acids is 1. The molecule has 1 amide bonds. The van der Waals surface area contributed by atoms with Crippen LogP contribution in [0.3, 0.4) is 0 Å². The van der Waals surface area contributed by atoms with Crippen molar-refractivity contribution in [2.75, 3.05) is 4.31 Å². The molecule has 7 nitrogen and oxygen atoms in total. The maximum Gasteiger partial charge on any atom is 0.273 e. The van der Waals surface area contributed by atoms with Crippen LogP contribution < -0.4 is 4.31 Å². The van der Waals surface area contributed by atoms with Gasteiger partial charge in [0.25, 0.3) is 21.6 Å². The Labute approximate surface area is 185 Å². The average molecular weight is 459 g/mol. The van der Waals surface area contributed by atoms with Crippen LogP contribution in [0.25, 0.3) is 0 Å². The van der Waals surface area contributed by atoms with Crippen LogP contribution in [0.5, 0.6) is 0 Å². The predicted octanol–water partition coefficient (Wildman–Crippen LogP) is 5.21. The lowest BCUT2D eigenvalue weighted by Crippen LogP contribution is -2.38. The highest BCUT2D eigenvalue weighted by Gasteiger charge is 2.34. The Bertz CT molecular complexity index is 1290. The molecule has 3 rings (SSSR count). The molecule has 0 saturated heterocycles. The van der Waals surface area contributed by atoms with E-state index in [4.69, 9.17) is 11.6 Å². The van der Waals surface area contributed by atoms with Gasteiger partial charge < -0.3 is 0 Å². The minimum atomic E-state index is -4.35. The van der Waals surface area contributed by atoms with Gasteiger partial charge in [-0.3, -0.25) is 14.9 Å². The largest absolute Gasteiger partial charge is 0.273 e. The van der Waals surface area contributed by atoms with Gasteiger partial charge in [0.1, 0.15) is 0 Å². The lowest BCUT2D eigenvalue weighted by Gasteiger charge is -2.25. The molecule has 0 saturated carbocycles. The zero-order valence-electron chi connectivity index (χ0n) is 17.0. The summed E-state index contributed by atoms with van der Waals surface area (Å²) in [6.07, 6.45) is 0. The van der Waals surface area contributed by atoms with Gasteiger partial charge in [0, 0.05) is 16.7 Å². The number of nitro groups is 1. The van der Waals surface area contributed by atoms with E-state index < -0.39 is 20.9 Å². The number of hydrogen-bond acceptors (Lipinski definition) is 5. The molecule has 9 heteroatoms. The number of nitro benzene ring substituents is 1. The van der Waals surface area contributed by atoms with Crippen molar-refractivity contribution in [3.05, 3.63) is 98.1 Å². The molecule has 0 bridgehead atoms. The molecule has 3 aromatic carbocycles. The molecule has 0 aliphatic carbocycles. The molecular formula is C22H19ClN2O5S. The van der Waals surface area contributed by atoms with Gasteiger partial charge in [-0.2, -0.15) is 4.31 Å². The van der Waals surface area contributed by atoms with Gasteiger partial charge in [-0.15, -0.1) is 0 Å². The molecule has 0 unspecified atom stereocenters. The van der Waals surface area contributed by atoms with Crippen molar-refractivity contribution in [2.45, 2.75) is 25.7 Å². The number of nitrogens with zero attached hydrogens (tertiary/aromatic N) is 2. The quantitative estimate of drug-likeness (QED) is 0.386. The molecule has 0 fully saturated rings. The van der Waals surface area contributed by atoms with Gasteiger partial charge in [-0.25, -0.2) is 8.42 Å². The number of hydrogen-bond donors (Lipinski definition) is 0. The molecule has 0 atom stereocenters. The van der Waals surface area contributed by atoms with E-state index in [-0.39, 0.29) is 27.4 Å². The summed E-state index contributed by atoms with van der Waals surface area (Å²) in [7, 11) is -4.35. The highest BCUT2D eigenvalue weighted by molar-refractivity contribution is 7.93. The number of anilines is 1. The number of amides is 1. The zero-order chi connectivity index (χ0) is 22.9. The van der Waals surface area contributed by atoms with Crippen molar-refractivity contribution in [3.63, 3.8) is 0 Å². The van der Waals surface area contributed by atoms with Gasteiger partial charge in [0.05, 0.1) is 21.1 Å². The molecule has 0 aromatic heterocycles. The summed E-state index contributed by atoms with van der Waals surface area (Å²) in [5.74, 6) is -0.884. The zero-order valence-corrected chi connectivity index (χ0v) is 18.6. The molecule has 0 radical (unpaired) electrons. The monoisotopic (exact) mass is 458 g/mol. The fraction of sp³-hybridized carbons (Fsp3) is 0.136. The maximum atomic E-state index is 13.6. The van der Waals surface area contributed by atoms with Gasteiger partial charge >= 0.3 is 0 Å². The minimum Gasteiger partial charge on any atom is -0.268 e. The molecule has 0 heterocycles. The standard InChI is InChI=1S/C22H19ClN2O5S/c1-14-7-8-15(2)21(13-14)24(31(29,30)18-11-9-17(23)10-12-18)22(26)19-5-4-6-20(16(19)3)25(27)28/h4-13H,1-3H3.